The van der Waals surface area contributed by atoms with Crippen LogP contribution in [-0.4, -0.2) is 9.97 Å². The minimum atomic E-state index is 0.470. The van der Waals surface area contributed by atoms with Crippen LogP contribution in [0.5, 0.6) is 0 Å². The van der Waals surface area contributed by atoms with Gasteiger partial charge in [-0.25, -0.2) is 9.97 Å². The second-order valence-corrected chi connectivity index (χ2v) is 2.51. The molecule has 1 aliphatic carbocycles. The maximum absolute atomic E-state index is 4.17. The lowest BCUT2D eigenvalue weighted by Crippen LogP contribution is -1.91. The molecular formula is C10H12N2. The monoisotopic (exact) mass is 160 g/mol. The van der Waals surface area contributed by atoms with Gasteiger partial charge in [-0.2, -0.15) is 0 Å². The van der Waals surface area contributed by atoms with Gasteiger partial charge in [-0.3, -0.25) is 0 Å². The van der Waals surface area contributed by atoms with Crippen LogP contribution in [0.15, 0.2) is 31.8 Å². The summed E-state index contributed by atoms with van der Waals surface area (Å²) < 4.78 is 0. The summed E-state index contributed by atoms with van der Waals surface area (Å²) in [5.74, 6) is 0.470. The van der Waals surface area contributed by atoms with E-state index in [1.54, 1.807) is 6.33 Å². The Kier molecular flexibility index (Phi) is 2.75. The van der Waals surface area contributed by atoms with Gasteiger partial charge in [-0.15, -0.1) is 13.2 Å². The van der Waals surface area contributed by atoms with Crippen LogP contribution in [0.2, 0.25) is 0 Å². The van der Waals surface area contributed by atoms with Crippen molar-refractivity contribution in [2.24, 2.45) is 0 Å². The molecule has 2 nitrogen and oxygen atoms in total. The van der Waals surface area contributed by atoms with Crippen LogP contribution < -0.4 is 0 Å². The average Bonchev–Trinajstić information content (AvgIpc) is 2.53. The van der Waals surface area contributed by atoms with Crippen LogP contribution in [0.25, 0.3) is 6.08 Å². The van der Waals surface area contributed by atoms with Crippen molar-refractivity contribution in [2.45, 2.75) is 12.8 Å². The van der Waals surface area contributed by atoms with Crippen molar-refractivity contribution in [2.75, 3.05) is 0 Å². The zero-order chi connectivity index (χ0) is 8.97. The largest absolute Gasteiger partial charge is 0.244 e. The summed E-state index contributed by atoms with van der Waals surface area (Å²) in [4.78, 5) is 8.10. The Hall–Kier alpha value is -1.44. The van der Waals surface area contributed by atoms with Crippen LogP contribution in [0.3, 0.4) is 0 Å². The Bertz CT molecular complexity index is 292. The lowest BCUT2D eigenvalue weighted by atomic mass is 10.1. The zero-order valence-electron chi connectivity index (χ0n) is 7.20. The second kappa shape index (κ2) is 3.81. The molecule has 0 aliphatic heterocycles. The van der Waals surface area contributed by atoms with Gasteiger partial charge in [-0.05, 0) is 0 Å². The first-order chi connectivity index (χ1) is 5.88. The third-order valence-corrected chi connectivity index (χ3v) is 1.77. The molecule has 0 saturated carbocycles. The highest BCUT2D eigenvalue weighted by Gasteiger charge is 2.12. The summed E-state index contributed by atoms with van der Waals surface area (Å²) in [7, 11) is 0. The van der Waals surface area contributed by atoms with Crippen LogP contribution in [0, 0.1) is 0 Å². The van der Waals surface area contributed by atoms with Crippen molar-refractivity contribution in [1.82, 2.24) is 9.97 Å². The maximum atomic E-state index is 4.17. The molecule has 2 heteroatoms. The molecule has 2 rings (SSSR count). The summed E-state index contributed by atoms with van der Waals surface area (Å²) >= 11 is 0. The number of fused-ring (bicyclic) bond motifs is 1. The fraction of sp³-hybridized carbons (Fsp3) is 0.200. The fourth-order valence-electron chi connectivity index (χ4n) is 1.20. The SMILES string of the molecule is C=C.CC1C=Cc2cncnc21. The van der Waals surface area contributed by atoms with E-state index in [4.69, 9.17) is 0 Å². The van der Waals surface area contributed by atoms with Gasteiger partial charge in [0.25, 0.3) is 0 Å². The van der Waals surface area contributed by atoms with Gasteiger partial charge in [0.2, 0.25) is 0 Å². The molecule has 0 aromatic carbocycles. The Labute approximate surface area is 72.7 Å². The van der Waals surface area contributed by atoms with E-state index in [1.807, 2.05) is 6.20 Å². The summed E-state index contributed by atoms with van der Waals surface area (Å²) in [6.45, 7) is 8.13. The van der Waals surface area contributed by atoms with Crippen LogP contribution in [0.1, 0.15) is 24.1 Å². The van der Waals surface area contributed by atoms with Crippen LogP contribution in [-0.2, 0) is 0 Å². The van der Waals surface area contributed by atoms with E-state index in [2.05, 4.69) is 42.2 Å². The number of rotatable bonds is 0. The summed E-state index contributed by atoms with van der Waals surface area (Å²) in [5.41, 5.74) is 2.31. The Morgan fingerprint density at radius 2 is 2.17 bits per heavy atom. The molecule has 0 N–H and O–H groups in total. The molecular weight excluding hydrogens is 148 g/mol. The Balaban J connectivity index is 0.000000336. The molecule has 1 heterocycles. The minimum absolute atomic E-state index is 0.470. The molecule has 62 valence electrons. The number of hydrogen-bond acceptors (Lipinski definition) is 2. The van der Waals surface area contributed by atoms with E-state index in [9.17, 15) is 0 Å². The van der Waals surface area contributed by atoms with Crippen LogP contribution in [0.4, 0.5) is 0 Å². The number of allylic oxidation sites excluding steroid dienone is 1. The fourth-order valence-corrected chi connectivity index (χ4v) is 1.20. The van der Waals surface area contributed by atoms with Gasteiger partial charge >= 0.3 is 0 Å². The molecule has 1 unspecified atom stereocenters. The molecule has 0 saturated heterocycles. The highest BCUT2D eigenvalue weighted by atomic mass is 14.8. The van der Waals surface area contributed by atoms with Gasteiger partial charge in [0.05, 0.1) is 5.69 Å². The normalized spacial score (nSPS) is 17.9. The van der Waals surface area contributed by atoms with Crippen molar-refractivity contribution < 1.29 is 0 Å². The van der Waals surface area contributed by atoms with Crippen LogP contribution >= 0.6 is 0 Å². The Morgan fingerprint density at radius 3 is 2.83 bits per heavy atom. The number of hydrogen-bond donors (Lipinski definition) is 0. The zero-order valence-corrected chi connectivity index (χ0v) is 7.20. The molecule has 1 aliphatic rings. The average molecular weight is 160 g/mol. The van der Waals surface area contributed by atoms with Crippen molar-refractivity contribution >= 4 is 6.08 Å². The van der Waals surface area contributed by atoms with Gasteiger partial charge in [-0.1, -0.05) is 19.1 Å². The predicted octanol–water partition coefficient (Wildman–Crippen LogP) is 2.41. The van der Waals surface area contributed by atoms with Gasteiger partial charge in [0, 0.05) is 17.7 Å². The van der Waals surface area contributed by atoms with E-state index in [0.29, 0.717) is 5.92 Å². The smallest absolute Gasteiger partial charge is 0.115 e. The van der Waals surface area contributed by atoms with Gasteiger partial charge < -0.3 is 0 Å². The lowest BCUT2D eigenvalue weighted by molar-refractivity contribution is 0.909. The quantitative estimate of drug-likeness (QED) is 0.545. The molecule has 1 aromatic heterocycles. The molecule has 0 spiro atoms. The summed E-state index contributed by atoms with van der Waals surface area (Å²) in [6, 6.07) is 0. The van der Waals surface area contributed by atoms with E-state index >= 15 is 0 Å². The molecule has 0 fully saturated rings. The standard InChI is InChI=1S/C8H8N2.C2H4/c1-6-2-3-7-4-9-5-10-8(6)7;1-2/h2-6H,1H3;1-2H2. The summed E-state index contributed by atoms with van der Waals surface area (Å²) in [6.07, 6.45) is 7.66. The first-order valence-electron chi connectivity index (χ1n) is 3.86. The van der Waals surface area contributed by atoms with Gasteiger partial charge in [0.15, 0.2) is 0 Å². The van der Waals surface area contributed by atoms with E-state index < -0.39 is 0 Å². The third-order valence-electron chi connectivity index (χ3n) is 1.77. The highest BCUT2D eigenvalue weighted by Crippen LogP contribution is 2.25. The summed E-state index contributed by atoms with van der Waals surface area (Å²) in [5, 5.41) is 0. The van der Waals surface area contributed by atoms with Gasteiger partial charge in [0.1, 0.15) is 6.33 Å². The first-order valence-corrected chi connectivity index (χ1v) is 3.86. The number of nitrogens with zero attached hydrogens (tertiary/aromatic N) is 2. The molecule has 0 radical (unpaired) electrons. The lowest BCUT2D eigenvalue weighted by Gasteiger charge is -1.99. The third kappa shape index (κ3) is 1.42. The molecule has 12 heavy (non-hydrogen) atoms. The number of aromatic nitrogens is 2. The van der Waals surface area contributed by atoms with Crippen molar-refractivity contribution in [3.05, 3.63) is 43.0 Å². The van der Waals surface area contributed by atoms with E-state index in [1.165, 1.54) is 0 Å². The van der Waals surface area contributed by atoms with E-state index in [0.717, 1.165) is 11.3 Å². The van der Waals surface area contributed by atoms with Crippen molar-refractivity contribution in [1.29, 1.82) is 0 Å². The highest BCUT2D eigenvalue weighted by molar-refractivity contribution is 5.58. The maximum Gasteiger partial charge on any atom is 0.115 e. The van der Waals surface area contributed by atoms with E-state index in [-0.39, 0.29) is 0 Å². The topological polar surface area (TPSA) is 25.8 Å². The molecule has 1 aromatic rings. The Morgan fingerprint density at radius 1 is 1.42 bits per heavy atom. The molecule has 1 atom stereocenters. The first kappa shape index (κ1) is 8.65. The minimum Gasteiger partial charge on any atom is -0.244 e. The molecule has 0 amide bonds. The molecule has 0 bridgehead atoms. The predicted molar refractivity (Wildman–Crippen MR) is 50.7 cm³/mol. The second-order valence-electron chi connectivity index (χ2n) is 2.51. The van der Waals surface area contributed by atoms with Crippen molar-refractivity contribution in [3.63, 3.8) is 0 Å². The van der Waals surface area contributed by atoms with Crippen molar-refractivity contribution in [3.8, 4) is 0 Å².